The quantitative estimate of drug-likeness (QED) is 0.464. The van der Waals surface area contributed by atoms with Crippen molar-refractivity contribution in [3.63, 3.8) is 0 Å². The molecule has 3 atom stereocenters. The van der Waals surface area contributed by atoms with Gasteiger partial charge in [-0.2, -0.15) is 5.10 Å². The number of hydrogen-bond acceptors (Lipinski definition) is 4. The van der Waals surface area contributed by atoms with Crippen LogP contribution in [0.25, 0.3) is 27.1 Å². The molecule has 0 spiro atoms. The minimum atomic E-state index is 0.447. The summed E-state index contributed by atoms with van der Waals surface area (Å²) in [5.41, 5.74) is 8.88. The number of aromatic nitrogens is 4. The molecule has 4 aromatic heterocycles. The van der Waals surface area contributed by atoms with Crippen LogP contribution in [0.4, 0.5) is 0 Å². The van der Waals surface area contributed by atoms with Crippen LogP contribution in [0.3, 0.4) is 0 Å². The minimum Gasteiger partial charge on any atom is -0.346 e. The molecule has 0 radical (unpaired) electrons. The highest BCUT2D eigenvalue weighted by Gasteiger charge is 2.42. The number of nitrogens with one attached hydrogen (secondary N) is 2. The number of rotatable bonds is 3. The fourth-order valence-electron chi connectivity index (χ4n) is 6.00. The molecule has 1 aliphatic carbocycles. The molecule has 6 heteroatoms. The first-order chi connectivity index (χ1) is 14.4. The van der Waals surface area contributed by atoms with Gasteiger partial charge in [-0.3, -0.25) is 0 Å². The monoisotopic (exact) mass is 419 g/mol. The van der Waals surface area contributed by atoms with Crippen LogP contribution in [0, 0.1) is 26.7 Å². The lowest BCUT2D eigenvalue weighted by atomic mass is 9.89. The van der Waals surface area contributed by atoms with E-state index in [0.29, 0.717) is 5.92 Å². The van der Waals surface area contributed by atoms with Crippen LogP contribution in [0.15, 0.2) is 12.5 Å². The number of thiophene rings is 1. The molecule has 0 amide bonds. The Hall–Kier alpha value is -2.18. The Morgan fingerprint density at radius 1 is 1.13 bits per heavy atom. The third-order valence-corrected chi connectivity index (χ3v) is 8.97. The van der Waals surface area contributed by atoms with Crippen molar-refractivity contribution < 1.29 is 0 Å². The molecule has 2 bridgehead atoms. The lowest BCUT2D eigenvalue weighted by Crippen LogP contribution is -2.28. The van der Waals surface area contributed by atoms with Crippen molar-refractivity contribution in [2.24, 2.45) is 5.92 Å². The highest BCUT2D eigenvalue weighted by Crippen LogP contribution is 2.50. The molecule has 156 valence electrons. The molecule has 6 rings (SSSR count). The third-order valence-electron chi connectivity index (χ3n) is 7.63. The van der Waals surface area contributed by atoms with E-state index in [0.717, 1.165) is 23.5 Å². The van der Waals surface area contributed by atoms with Crippen molar-refractivity contribution in [1.29, 1.82) is 0 Å². The van der Waals surface area contributed by atoms with Gasteiger partial charge in [0.15, 0.2) is 5.65 Å². The van der Waals surface area contributed by atoms with Gasteiger partial charge in [-0.25, -0.2) is 9.50 Å². The number of pyridine rings is 1. The number of aromatic amines is 1. The molecular weight excluding hydrogens is 390 g/mol. The zero-order valence-corrected chi connectivity index (χ0v) is 19.2. The van der Waals surface area contributed by atoms with Gasteiger partial charge in [-0.15, -0.1) is 11.3 Å². The molecule has 2 fully saturated rings. The number of aryl methyl sites for hydroxylation is 2. The van der Waals surface area contributed by atoms with E-state index in [4.69, 9.17) is 0 Å². The van der Waals surface area contributed by atoms with Gasteiger partial charge in [0.25, 0.3) is 0 Å². The summed E-state index contributed by atoms with van der Waals surface area (Å²) >= 11 is 2.01. The number of piperidine rings is 1. The Bertz CT molecular complexity index is 1290. The summed E-state index contributed by atoms with van der Waals surface area (Å²) < 4.78 is 1.91. The summed E-state index contributed by atoms with van der Waals surface area (Å²) in [7, 11) is 0. The normalized spacial score (nSPS) is 23.6. The van der Waals surface area contributed by atoms with Crippen LogP contribution in [0.1, 0.15) is 65.7 Å². The van der Waals surface area contributed by atoms with E-state index in [1.165, 1.54) is 63.1 Å². The first-order valence-electron chi connectivity index (χ1n) is 11.1. The lowest BCUT2D eigenvalue weighted by molar-refractivity contribution is 0.445. The summed E-state index contributed by atoms with van der Waals surface area (Å²) in [5, 5.41) is 9.55. The Morgan fingerprint density at radius 3 is 2.67 bits per heavy atom. The Morgan fingerprint density at radius 2 is 1.97 bits per heavy atom. The molecule has 5 heterocycles. The van der Waals surface area contributed by atoms with Crippen molar-refractivity contribution in [2.75, 3.05) is 6.54 Å². The zero-order valence-electron chi connectivity index (χ0n) is 18.3. The smallest absolute Gasteiger partial charge is 0.158 e. The summed E-state index contributed by atoms with van der Waals surface area (Å²) in [5.74, 6) is 2.00. The molecule has 1 aliphatic heterocycles. The van der Waals surface area contributed by atoms with Gasteiger partial charge in [0.1, 0.15) is 11.2 Å². The molecule has 2 aliphatic rings. The summed E-state index contributed by atoms with van der Waals surface area (Å²) in [6, 6.07) is 0.736. The van der Waals surface area contributed by atoms with Gasteiger partial charge in [0.05, 0.1) is 5.69 Å². The molecule has 1 saturated carbocycles. The van der Waals surface area contributed by atoms with Gasteiger partial charge in [0, 0.05) is 28.1 Å². The van der Waals surface area contributed by atoms with E-state index in [1.54, 1.807) is 11.2 Å². The van der Waals surface area contributed by atoms with Crippen molar-refractivity contribution in [1.82, 2.24) is 24.9 Å². The predicted octanol–water partition coefficient (Wildman–Crippen LogP) is 5.45. The topological polar surface area (TPSA) is 58.0 Å². The summed E-state index contributed by atoms with van der Waals surface area (Å²) in [4.78, 5) is 11.3. The largest absolute Gasteiger partial charge is 0.346 e. The summed E-state index contributed by atoms with van der Waals surface area (Å²) in [6.45, 7) is 12.5. The SMILES string of the molecule is Cc1c(-c2[nH]c3sc(C4CC5CC4CN5)c(C)c3c2C(C)C)cn2ncnc2c1C. The highest BCUT2D eigenvalue weighted by atomic mass is 32.1. The molecule has 5 nitrogen and oxygen atoms in total. The fourth-order valence-corrected chi connectivity index (χ4v) is 7.44. The maximum absolute atomic E-state index is 4.43. The molecule has 3 unspecified atom stereocenters. The number of hydrogen-bond donors (Lipinski definition) is 2. The van der Waals surface area contributed by atoms with Crippen LogP contribution >= 0.6 is 11.3 Å². The number of H-pyrrole nitrogens is 1. The predicted molar refractivity (Wildman–Crippen MR) is 124 cm³/mol. The van der Waals surface area contributed by atoms with Gasteiger partial charge in [-0.05, 0) is 80.2 Å². The second kappa shape index (κ2) is 6.41. The zero-order chi connectivity index (χ0) is 20.7. The molecule has 1 saturated heterocycles. The maximum Gasteiger partial charge on any atom is 0.158 e. The van der Waals surface area contributed by atoms with Crippen LogP contribution < -0.4 is 5.32 Å². The van der Waals surface area contributed by atoms with Crippen molar-refractivity contribution in [3.05, 3.63) is 39.7 Å². The Labute approximate surface area is 180 Å². The van der Waals surface area contributed by atoms with E-state index in [-0.39, 0.29) is 0 Å². The molecule has 0 aromatic carbocycles. The molecule has 4 aromatic rings. The van der Waals surface area contributed by atoms with Crippen LogP contribution in [-0.4, -0.2) is 32.2 Å². The number of nitrogens with zero attached hydrogens (tertiary/aromatic N) is 3. The minimum absolute atomic E-state index is 0.447. The van der Waals surface area contributed by atoms with E-state index in [2.05, 4.69) is 61.2 Å². The highest BCUT2D eigenvalue weighted by molar-refractivity contribution is 7.19. The average molecular weight is 420 g/mol. The first kappa shape index (κ1) is 18.6. The van der Waals surface area contributed by atoms with E-state index < -0.39 is 0 Å². The second-order valence-electron chi connectivity index (χ2n) is 9.63. The Balaban J connectivity index is 1.56. The van der Waals surface area contributed by atoms with E-state index >= 15 is 0 Å². The Kier molecular flexibility index (Phi) is 3.97. The van der Waals surface area contributed by atoms with Gasteiger partial charge < -0.3 is 10.3 Å². The molecular formula is C24H29N5S. The van der Waals surface area contributed by atoms with Crippen LogP contribution in [0.2, 0.25) is 0 Å². The second-order valence-corrected chi connectivity index (χ2v) is 10.7. The van der Waals surface area contributed by atoms with Crippen molar-refractivity contribution >= 4 is 27.2 Å². The third kappa shape index (κ3) is 2.44. The standard InChI is InChI=1S/C24H29N5S/c1-11(2)19-20-14(5)22(17-7-16-6-15(17)8-25-16)30-24(20)28-21(19)18-9-29-23(26-10-27-29)13(4)12(18)3/h9-11,15-17,25,28H,6-8H2,1-5H3. The molecule has 30 heavy (non-hydrogen) atoms. The van der Waals surface area contributed by atoms with Crippen LogP contribution in [0.5, 0.6) is 0 Å². The van der Waals surface area contributed by atoms with Gasteiger partial charge in [0.2, 0.25) is 0 Å². The average Bonchev–Trinajstić information content (AvgIpc) is 3.50. The van der Waals surface area contributed by atoms with E-state index in [9.17, 15) is 0 Å². The number of fused-ring (bicyclic) bond motifs is 4. The first-order valence-corrected chi connectivity index (χ1v) is 11.9. The molecule has 2 N–H and O–H groups in total. The van der Waals surface area contributed by atoms with Gasteiger partial charge >= 0.3 is 0 Å². The fraction of sp³-hybridized carbons (Fsp3) is 0.500. The van der Waals surface area contributed by atoms with Crippen molar-refractivity contribution in [3.8, 4) is 11.3 Å². The van der Waals surface area contributed by atoms with Gasteiger partial charge in [-0.1, -0.05) is 13.8 Å². The van der Waals surface area contributed by atoms with E-state index in [1.807, 2.05) is 15.9 Å². The maximum atomic E-state index is 4.43. The van der Waals surface area contributed by atoms with Crippen LogP contribution in [-0.2, 0) is 0 Å². The lowest BCUT2D eigenvalue weighted by Gasteiger charge is -2.22. The summed E-state index contributed by atoms with van der Waals surface area (Å²) in [6.07, 6.45) is 6.45. The van der Waals surface area contributed by atoms with Crippen molar-refractivity contribution in [2.45, 2.75) is 65.3 Å².